The van der Waals surface area contributed by atoms with Gasteiger partial charge in [0.25, 0.3) is 5.91 Å². The number of hydrogen-bond acceptors (Lipinski definition) is 6. The Morgan fingerprint density at radius 1 is 1.21 bits per heavy atom. The lowest BCUT2D eigenvalue weighted by Crippen LogP contribution is -2.43. The summed E-state index contributed by atoms with van der Waals surface area (Å²) in [5.41, 5.74) is 0.491. The summed E-state index contributed by atoms with van der Waals surface area (Å²) < 4.78 is 21.6. The molecule has 2 saturated heterocycles. The van der Waals surface area contributed by atoms with Crippen LogP contribution < -0.4 is 10.1 Å². The topological polar surface area (TPSA) is 89.6 Å². The molecule has 0 radical (unpaired) electrons. The van der Waals surface area contributed by atoms with Crippen LogP contribution in [0.15, 0.2) is 24.3 Å². The Labute approximate surface area is 171 Å². The Bertz CT molecular complexity index is 690. The summed E-state index contributed by atoms with van der Waals surface area (Å²) in [4.78, 5) is 26.0. The van der Waals surface area contributed by atoms with E-state index in [0.29, 0.717) is 45.1 Å². The van der Waals surface area contributed by atoms with Crippen molar-refractivity contribution in [3.63, 3.8) is 0 Å². The van der Waals surface area contributed by atoms with E-state index >= 15 is 0 Å². The second kappa shape index (κ2) is 9.45. The number of carbonyl (C=O) groups excluding carboxylic acids is 2. The molecule has 1 aromatic rings. The Balaban J connectivity index is 1.48. The zero-order chi connectivity index (χ0) is 20.9. The van der Waals surface area contributed by atoms with Crippen molar-refractivity contribution in [2.75, 3.05) is 39.5 Å². The van der Waals surface area contributed by atoms with Crippen molar-refractivity contribution >= 4 is 12.0 Å². The SMILES string of the molecule is CC(C)(C)OC(=O)N[C@@H](Cc1ccc(OCC(=O)N2CCOCC2)cc1)[C@@H]1CO1. The van der Waals surface area contributed by atoms with Gasteiger partial charge in [-0.15, -0.1) is 0 Å². The van der Waals surface area contributed by atoms with E-state index in [1.165, 1.54) is 0 Å². The van der Waals surface area contributed by atoms with Crippen LogP contribution in [0.3, 0.4) is 0 Å². The van der Waals surface area contributed by atoms with Crippen molar-refractivity contribution in [3.05, 3.63) is 29.8 Å². The minimum Gasteiger partial charge on any atom is -0.484 e. The molecular weight excluding hydrogens is 376 g/mol. The lowest BCUT2D eigenvalue weighted by Gasteiger charge is -2.26. The molecule has 2 atom stereocenters. The van der Waals surface area contributed by atoms with Crippen LogP contribution in [0.4, 0.5) is 4.79 Å². The quantitative estimate of drug-likeness (QED) is 0.694. The predicted molar refractivity (Wildman–Crippen MR) is 106 cm³/mol. The molecule has 2 aliphatic rings. The highest BCUT2D eigenvalue weighted by Crippen LogP contribution is 2.20. The van der Waals surface area contributed by atoms with E-state index in [1.807, 2.05) is 45.0 Å². The number of hydrogen-bond donors (Lipinski definition) is 1. The van der Waals surface area contributed by atoms with Gasteiger partial charge in [-0.3, -0.25) is 4.79 Å². The smallest absolute Gasteiger partial charge is 0.407 e. The molecule has 0 unspecified atom stereocenters. The van der Waals surface area contributed by atoms with Crippen LogP contribution in [0.1, 0.15) is 26.3 Å². The van der Waals surface area contributed by atoms with Crippen LogP contribution in [-0.2, 0) is 25.4 Å². The number of nitrogens with one attached hydrogen (secondary N) is 1. The molecular formula is C21H30N2O6. The summed E-state index contributed by atoms with van der Waals surface area (Å²) in [6.07, 6.45) is 0.181. The van der Waals surface area contributed by atoms with Gasteiger partial charge in [0, 0.05) is 13.1 Å². The monoisotopic (exact) mass is 406 g/mol. The van der Waals surface area contributed by atoms with E-state index in [-0.39, 0.29) is 24.7 Å². The van der Waals surface area contributed by atoms with Crippen LogP contribution in [0, 0.1) is 0 Å². The minimum atomic E-state index is -0.545. The van der Waals surface area contributed by atoms with E-state index in [4.69, 9.17) is 18.9 Å². The predicted octanol–water partition coefficient (Wildman–Crippen LogP) is 1.76. The molecule has 0 aliphatic carbocycles. The highest BCUT2D eigenvalue weighted by molar-refractivity contribution is 5.77. The molecule has 8 heteroatoms. The van der Waals surface area contributed by atoms with E-state index in [0.717, 1.165) is 5.56 Å². The molecule has 2 amide bonds. The molecule has 2 fully saturated rings. The highest BCUT2D eigenvalue weighted by Gasteiger charge is 2.35. The first-order valence-electron chi connectivity index (χ1n) is 9.98. The van der Waals surface area contributed by atoms with Gasteiger partial charge in [0.1, 0.15) is 17.5 Å². The summed E-state index contributed by atoms with van der Waals surface area (Å²) in [5, 5.41) is 2.90. The Hall–Kier alpha value is -2.32. The summed E-state index contributed by atoms with van der Waals surface area (Å²) in [6.45, 7) is 8.50. The minimum absolute atomic E-state index is 0.00425. The van der Waals surface area contributed by atoms with Gasteiger partial charge in [-0.05, 0) is 44.9 Å². The van der Waals surface area contributed by atoms with Gasteiger partial charge in [0.15, 0.2) is 6.61 Å². The summed E-state index contributed by atoms with van der Waals surface area (Å²) in [7, 11) is 0. The molecule has 0 aromatic heterocycles. The largest absolute Gasteiger partial charge is 0.484 e. The number of benzene rings is 1. The van der Waals surface area contributed by atoms with E-state index in [1.54, 1.807) is 4.90 Å². The number of carbonyl (C=O) groups is 2. The number of nitrogens with zero attached hydrogens (tertiary/aromatic N) is 1. The van der Waals surface area contributed by atoms with Gasteiger partial charge in [0.05, 0.1) is 25.9 Å². The zero-order valence-corrected chi connectivity index (χ0v) is 17.3. The number of rotatable bonds is 7. The Morgan fingerprint density at radius 2 is 1.86 bits per heavy atom. The first-order valence-corrected chi connectivity index (χ1v) is 9.98. The molecule has 0 bridgehead atoms. The van der Waals surface area contributed by atoms with Gasteiger partial charge in [-0.2, -0.15) is 0 Å². The summed E-state index contributed by atoms with van der Waals surface area (Å²) in [5.74, 6) is 0.597. The van der Waals surface area contributed by atoms with Crippen molar-refractivity contribution in [3.8, 4) is 5.75 Å². The molecule has 1 aromatic carbocycles. The van der Waals surface area contributed by atoms with Gasteiger partial charge < -0.3 is 29.2 Å². The number of epoxide rings is 1. The van der Waals surface area contributed by atoms with Crippen molar-refractivity contribution < 1.29 is 28.5 Å². The second-order valence-corrected chi connectivity index (χ2v) is 8.25. The maximum Gasteiger partial charge on any atom is 0.407 e. The van der Waals surface area contributed by atoms with Crippen LogP contribution >= 0.6 is 0 Å². The van der Waals surface area contributed by atoms with Crippen LogP contribution in [0.25, 0.3) is 0 Å². The third-order valence-corrected chi connectivity index (χ3v) is 4.62. The van der Waals surface area contributed by atoms with Gasteiger partial charge in [0.2, 0.25) is 0 Å². The average Bonchev–Trinajstić information content (AvgIpc) is 3.51. The molecule has 2 heterocycles. The third-order valence-electron chi connectivity index (χ3n) is 4.62. The molecule has 1 N–H and O–H groups in total. The maximum atomic E-state index is 12.1. The molecule has 3 rings (SSSR count). The van der Waals surface area contributed by atoms with E-state index in [9.17, 15) is 9.59 Å². The fraction of sp³-hybridized carbons (Fsp3) is 0.619. The fourth-order valence-electron chi connectivity index (χ4n) is 3.05. The van der Waals surface area contributed by atoms with Crippen molar-refractivity contribution in [1.82, 2.24) is 10.2 Å². The van der Waals surface area contributed by atoms with Gasteiger partial charge >= 0.3 is 6.09 Å². The number of amides is 2. The lowest BCUT2D eigenvalue weighted by atomic mass is 10.0. The standard InChI is InChI=1S/C21H30N2O6/c1-21(2,3)29-20(25)22-17(18-13-28-18)12-15-4-6-16(7-5-15)27-14-19(24)23-8-10-26-11-9-23/h4-7,17-18H,8-14H2,1-3H3,(H,22,25)/t17-,18-/m0/s1. The fourth-order valence-corrected chi connectivity index (χ4v) is 3.05. The first kappa shape index (κ1) is 21.4. The molecule has 29 heavy (non-hydrogen) atoms. The normalized spacial score (nSPS) is 20.0. The summed E-state index contributed by atoms with van der Waals surface area (Å²) in [6, 6.07) is 7.38. The number of alkyl carbamates (subject to hydrolysis) is 1. The van der Waals surface area contributed by atoms with Crippen LogP contribution in [-0.4, -0.2) is 74.2 Å². The number of morpholine rings is 1. The van der Waals surface area contributed by atoms with Gasteiger partial charge in [-0.25, -0.2) is 4.79 Å². The van der Waals surface area contributed by atoms with Crippen LogP contribution in [0.2, 0.25) is 0 Å². The maximum absolute atomic E-state index is 12.1. The average molecular weight is 406 g/mol. The van der Waals surface area contributed by atoms with Gasteiger partial charge in [-0.1, -0.05) is 12.1 Å². The Morgan fingerprint density at radius 3 is 2.45 bits per heavy atom. The molecule has 160 valence electrons. The zero-order valence-electron chi connectivity index (χ0n) is 17.3. The van der Waals surface area contributed by atoms with Crippen molar-refractivity contribution in [2.45, 2.75) is 44.9 Å². The highest BCUT2D eigenvalue weighted by atomic mass is 16.6. The third kappa shape index (κ3) is 7.21. The van der Waals surface area contributed by atoms with Crippen LogP contribution in [0.5, 0.6) is 5.75 Å². The summed E-state index contributed by atoms with van der Waals surface area (Å²) >= 11 is 0. The van der Waals surface area contributed by atoms with E-state index in [2.05, 4.69) is 5.32 Å². The van der Waals surface area contributed by atoms with Crippen molar-refractivity contribution in [1.29, 1.82) is 0 Å². The first-order chi connectivity index (χ1) is 13.8. The number of ether oxygens (including phenoxy) is 4. The molecule has 0 saturated carbocycles. The molecule has 0 spiro atoms. The lowest BCUT2D eigenvalue weighted by molar-refractivity contribution is -0.137. The van der Waals surface area contributed by atoms with E-state index < -0.39 is 11.7 Å². The molecule has 2 aliphatic heterocycles. The second-order valence-electron chi connectivity index (χ2n) is 8.25. The van der Waals surface area contributed by atoms with Crippen molar-refractivity contribution in [2.24, 2.45) is 0 Å². The molecule has 8 nitrogen and oxygen atoms in total. The Kier molecular flexibility index (Phi) is 6.97.